The van der Waals surface area contributed by atoms with Crippen LogP contribution < -0.4 is 5.32 Å². The van der Waals surface area contributed by atoms with E-state index in [1.165, 1.54) is 22.4 Å². The number of aromatic nitrogens is 2. The van der Waals surface area contributed by atoms with Crippen molar-refractivity contribution in [1.29, 1.82) is 0 Å². The Hall–Kier alpha value is -1.88. The van der Waals surface area contributed by atoms with E-state index in [-0.39, 0.29) is 0 Å². The average Bonchev–Trinajstić information content (AvgIpc) is 2.79. The topological polar surface area (TPSA) is 33.1 Å². The van der Waals surface area contributed by atoms with E-state index in [0.29, 0.717) is 0 Å². The molecule has 124 valence electrons. The van der Waals surface area contributed by atoms with Crippen molar-refractivity contribution in [2.45, 2.75) is 47.7 Å². The van der Waals surface area contributed by atoms with Crippen molar-refractivity contribution in [3.05, 3.63) is 46.3 Å². The van der Waals surface area contributed by atoms with Gasteiger partial charge in [-0.2, -0.15) is 5.10 Å². The van der Waals surface area contributed by atoms with Crippen molar-refractivity contribution in [3.63, 3.8) is 0 Å². The Balaban J connectivity index is 2.12. The first kappa shape index (κ1) is 17.5. The van der Waals surface area contributed by atoms with Crippen molar-refractivity contribution in [2.75, 3.05) is 12.4 Å². The number of hydrogen-bond acceptors (Lipinski definition) is 2. The molecule has 5 heteroatoms. The molecule has 0 aliphatic heterocycles. The summed E-state index contributed by atoms with van der Waals surface area (Å²) in [6, 6.07) is 6.22. The van der Waals surface area contributed by atoms with Gasteiger partial charge in [0, 0.05) is 37.1 Å². The number of aryl methyl sites for hydroxylation is 3. The Kier molecular flexibility index (Phi) is 5.42. The Morgan fingerprint density at radius 2 is 1.96 bits per heavy atom. The summed E-state index contributed by atoms with van der Waals surface area (Å²) in [6.45, 7) is 12.2. The van der Waals surface area contributed by atoms with E-state index in [4.69, 9.17) is 12.2 Å². The molecule has 0 aliphatic carbocycles. The summed E-state index contributed by atoms with van der Waals surface area (Å²) in [5, 5.41) is 8.66. The van der Waals surface area contributed by atoms with E-state index in [2.05, 4.69) is 62.1 Å². The molecule has 2 rings (SSSR count). The third kappa shape index (κ3) is 3.72. The Bertz CT molecular complexity index is 718. The van der Waals surface area contributed by atoms with Crippen LogP contribution >= 0.6 is 12.2 Å². The second kappa shape index (κ2) is 7.13. The lowest BCUT2D eigenvalue weighted by atomic mass is 10.1. The highest BCUT2D eigenvalue weighted by Crippen LogP contribution is 2.20. The maximum Gasteiger partial charge on any atom is 0.173 e. The van der Waals surface area contributed by atoms with Crippen LogP contribution in [-0.4, -0.2) is 26.8 Å². The molecule has 0 unspecified atom stereocenters. The molecule has 4 nitrogen and oxygen atoms in total. The Morgan fingerprint density at radius 1 is 1.26 bits per heavy atom. The largest absolute Gasteiger partial charge is 0.348 e. The number of rotatable bonds is 4. The number of benzene rings is 1. The minimum Gasteiger partial charge on any atom is -0.348 e. The molecule has 2 aromatic rings. The van der Waals surface area contributed by atoms with Crippen LogP contribution in [0, 0.1) is 27.7 Å². The molecule has 0 radical (unpaired) electrons. The van der Waals surface area contributed by atoms with Crippen molar-refractivity contribution >= 4 is 23.0 Å². The number of nitrogens with one attached hydrogen (secondary N) is 1. The van der Waals surface area contributed by atoms with Crippen LogP contribution in [0.1, 0.15) is 35.0 Å². The van der Waals surface area contributed by atoms with Crippen LogP contribution in [0.4, 0.5) is 5.69 Å². The van der Waals surface area contributed by atoms with E-state index in [9.17, 15) is 0 Å². The first-order valence-electron chi connectivity index (χ1n) is 7.96. The standard InChI is InChI=1S/C18H26N4S/c1-7-22-15(5)16(14(4)20-22)11-21(6)18(23)19-17-10-8-9-12(2)13(17)3/h8-10H,7,11H2,1-6H3,(H,19,23). The molecule has 0 amide bonds. The van der Waals surface area contributed by atoms with Gasteiger partial charge < -0.3 is 10.2 Å². The lowest BCUT2D eigenvalue weighted by molar-refractivity contribution is 0.504. The fourth-order valence-electron chi connectivity index (χ4n) is 2.68. The normalized spacial score (nSPS) is 10.7. The van der Waals surface area contributed by atoms with Gasteiger partial charge in [-0.25, -0.2) is 0 Å². The molecular formula is C18H26N4S. The van der Waals surface area contributed by atoms with E-state index < -0.39 is 0 Å². The zero-order valence-corrected chi connectivity index (χ0v) is 15.7. The van der Waals surface area contributed by atoms with Crippen molar-refractivity contribution in [2.24, 2.45) is 0 Å². The fourth-order valence-corrected chi connectivity index (χ4v) is 2.85. The third-order valence-electron chi connectivity index (χ3n) is 4.42. The van der Waals surface area contributed by atoms with Gasteiger partial charge >= 0.3 is 0 Å². The van der Waals surface area contributed by atoms with Gasteiger partial charge in [0.1, 0.15) is 0 Å². The third-order valence-corrected chi connectivity index (χ3v) is 4.83. The molecule has 0 atom stereocenters. The minimum absolute atomic E-state index is 0.724. The van der Waals surface area contributed by atoms with Crippen LogP contribution in [-0.2, 0) is 13.1 Å². The number of anilines is 1. The molecule has 0 saturated carbocycles. The van der Waals surface area contributed by atoms with Gasteiger partial charge in [0.15, 0.2) is 5.11 Å². The van der Waals surface area contributed by atoms with Crippen LogP contribution in [0.2, 0.25) is 0 Å². The fraction of sp³-hybridized carbons (Fsp3) is 0.444. The summed E-state index contributed by atoms with van der Waals surface area (Å²) in [4.78, 5) is 2.06. The van der Waals surface area contributed by atoms with Crippen molar-refractivity contribution < 1.29 is 0 Å². The van der Waals surface area contributed by atoms with Gasteiger partial charge in [0.2, 0.25) is 0 Å². The van der Waals surface area contributed by atoms with Gasteiger partial charge in [0.05, 0.1) is 5.69 Å². The summed E-state index contributed by atoms with van der Waals surface area (Å²) in [7, 11) is 2.02. The summed E-state index contributed by atoms with van der Waals surface area (Å²) >= 11 is 5.57. The van der Waals surface area contributed by atoms with Gasteiger partial charge in [-0.1, -0.05) is 12.1 Å². The zero-order chi connectivity index (χ0) is 17.1. The maximum absolute atomic E-state index is 5.57. The lowest BCUT2D eigenvalue weighted by Gasteiger charge is -2.22. The molecule has 0 saturated heterocycles. The van der Waals surface area contributed by atoms with Crippen molar-refractivity contribution in [1.82, 2.24) is 14.7 Å². The molecule has 1 aromatic carbocycles. The highest BCUT2D eigenvalue weighted by molar-refractivity contribution is 7.80. The average molecular weight is 331 g/mol. The summed E-state index contributed by atoms with van der Waals surface area (Å²) in [5.74, 6) is 0. The Labute approximate surface area is 144 Å². The summed E-state index contributed by atoms with van der Waals surface area (Å²) in [6.07, 6.45) is 0. The molecule has 0 spiro atoms. The second-order valence-electron chi connectivity index (χ2n) is 6.00. The molecule has 0 bridgehead atoms. The smallest absolute Gasteiger partial charge is 0.173 e. The van der Waals surface area contributed by atoms with Gasteiger partial charge in [-0.3, -0.25) is 4.68 Å². The van der Waals surface area contributed by atoms with Gasteiger partial charge in [-0.05, 0) is 64.0 Å². The van der Waals surface area contributed by atoms with E-state index in [1.807, 2.05) is 17.8 Å². The summed E-state index contributed by atoms with van der Waals surface area (Å²) in [5.41, 5.74) is 7.10. The van der Waals surface area contributed by atoms with Crippen LogP contribution in [0.25, 0.3) is 0 Å². The Morgan fingerprint density at radius 3 is 2.57 bits per heavy atom. The first-order valence-corrected chi connectivity index (χ1v) is 8.37. The maximum atomic E-state index is 5.57. The molecule has 1 aromatic heterocycles. The van der Waals surface area contributed by atoms with Crippen LogP contribution in [0.15, 0.2) is 18.2 Å². The molecule has 0 aliphatic rings. The zero-order valence-electron chi connectivity index (χ0n) is 14.9. The van der Waals surface area contributed by atoms with E-state index in [0.717, 1.165) is 29.6 Å². The number of hydrogen-bond donors (Lipinski definition) is 1. The predicted molar refractivity (Wildman–Crippen MR) is 101 cm³/mol. The quantitative estimate of drug-likeness (QED) is 0.860. The second-order valence-corrected chi connectivity index (χ2v) is 6.39. The molecular weight excluding hydrogens is 304 g/mol. The molecule has 1 N–H and O–H groups in total. The molecule has 23 heavy (non-hydrogen) atoms. The van der Waals surface area contributed by atoms with Gasteiger partial charge in [0.25, 0.3) is 0 Å². The summed E-state index contributed by atoms with van der Waals surface area (Å²) < 4.78 is 2.04. The first-order chi connectivity index (χ1) is 10.8. The van der Waals surface area contributed by atoms with E-state index in [1.54, 1.807) is 0 Å². The number of nitrogens with zero attached hydrogens (tertiary/aromatic N) is 3. The van der Waals surface area contributed by atoms with Crippen LogP contribution in [0.5, 0.6) is 0 Å². The van der Waals surface area contributed by atoms with Gasteiger partial charge in [-0.15, -0.1) is 0 Å². The monoisotopic (exact) mass is 330 g/mol. The minimum atomic E-state index is 0.724. The van der Waals surface area contributed by atoms with Crippen LogP contribution in [0.3, 0.4) is 0 Å². The molecule has 1 heterocycles. The van der Waals surface area contributed by atoms with Crippen molar-refractivity contribution in [3.8, 4) is 0 Å². The predicted octanol–water partition coefficient (Wildman–Crippen LogP) is 3.97. The highest BCUT2D eigenvalue weighted by atomic mass is 32.1. The molecule has 0 fully saturated rings. The number of thiocarbonyl (C=S) groups is 1. The lowest BCUT2D eigenvalue weighted by Crippen LogP contribution is -2.31. The highest BCUT2D eigenvalue weighted by Gasteiger charge is 2.14. The SMILES string of the molecule is CCn1nc(C)c(CN(C)C(=S)Nc2cccc(C)c2C)c1C. The van der Waals surface area contributed by atoms with E-state index >= 15 is 0 Å².